The van der Waals surface area contributed by atoms with Crippen LogP contribution in [0.25, 0.3) is 0 Å². The number of hydrogen-bond donors (Lipinski definition) is 4. The molecule has 3 unspecified atom stereocenters. The van der Waals surface area contributed by atoms with E-state index in [1.54, 1.807) is 6.08 Å². The van der Waals surface area contributed by atoms with E-state index in [4.69, 9.17) is 0 Å². The van der Waals surface area contributed by atoms with Gasteiger partial charge in [-0.05, 0) is 64.2 Å². The van der Waals surface area contributed by atoms with Crippen LogP contribution in [0.1, 0.15) is 155 Å². The van der Waals surface area contributed by atoms with Gasteiger partial charge in [-0.15, -0.1) is 0 Å². The molecule has 1 amide bonds. The molecule has 0 aromatic rings. The number of carbonyl (C=O) groups excluding carboxylic acids is 1. The van der Waals surface area contributed by atoms with E-state index >= 15 is 0 Å². The SMILES string of the molecule is CC/C=C/CC/C=C/CC/C=C/C(O)C(CO)NC(=O)CC(O)CCCCCCC/C=C\CCCCCCCCCC. The lowest BCUT2D eigenvalue weighted by Crippen LogP contribution is -2.45. The monoisotopic (exact) mass is 590 g/mol. The third-order valence-corrected chi connectivity index (χ3v) is 7.58. The summed E-state index contributed by atoms with van der Waals surface area (Å²) >= 11 is 0. The van der Waals surface area contributed by atoms with Crippen LogP contribution in [0.15, 0.2) is 48.6 Å². The molecular weight excluding hydrogens is 522 g/mol. The highest BCUT2D eigenvalue weighted by atomic mass is 16.3. The molecule has 0 aromatic carbocycles. The summed E-state index contributed by atoms with van der Waals surface area (Å²) in [4.78, 5) is 12.3. The second-order valence-corrected chi connectivity index (χ2v) is 11.7. The Bertz CT molecular complexity index is 700. The maximum Gasteiger partial charge on any atom is 0.222 e. The highest BCUT2D eigenvalue weighted by Crippen LogP contribution is 2.12. The summed E-state index contributed by atoms with van der Waals surface area (Å²) in [6.45, 7) is 4.04. The molecule has 0 spiro atoms. The maximum atomic E-state index is 12.3. The fraction of sp³-hybridized carbons (Fsp3) is 0.757. The van der Waals surface area contributed by atoms with Crippen molar-refractivity contribution in [2.45, 2.75) is 173 Å². The van der Waals surface area contributed by atoms with E-state index in [9.17, 15) is 20.1 Å². The first kappa shape index (κ1) is 40.3. The summed E-state index contributed by atoms with van der Waals surface area (Å²) in [6, 6.07) is -0.767. The molecule has 0 aliphatic heterocycles. The van der Waals surface area contributed by atoms with Crippen LogP contribution in [0, 0.1) is 0 Å². The van der Waals surface area contributed by atoms with Crippen LogP contribution in [-0.2, 0) is 4.79 Å². The Balaban J connectivity index is 3.79. The Hall–Kier alpha value is -1.69. The van der Waals surface area contributed by atoms with Gasteiger partial charge in [-0.3, -0.25) is 4.79 Å². The number of rotatable bonds is 30. The number of carbonyl (C=O) groups is 1. The zero-order valence-corrected chi connectivity index (χ0v) is 27.4. The van der Waals surface area contributed by atoms with Crippen molar-refractivity contribution in [2.75, 3.05) is 6.61 Å². The molecule has 0 bridgehead atoms. The summed E-state index contributed by atoms with van der Waals surface area (Å²) in [5.74, 6) is -0.340. The van der Waals surface area contributed by atoms with Crippen molar-refractivity contribution in [2.24, 2.45) is 0 Å². The lowest BCUT2D eigenvalue weighted by Gasteiger charge is -2.20. The summed E-state index contributed by atoms with van der Waals surface area (Å²) < 4.78 is 0. The third-order valence-electron chi connectivity index (χ3n) is 7.58. The number of unbranched alkanes of at least 4 members (excludes halogenated alkanes) is 15. The van der Waals surface area contributed by atoms with Crippen molar-refractivity contribution in [3.63, 3.8) is 0 Å². The molecule has 0 rings (SSSR count). The summed E-state index contributed by atoms with van der Waals surface area (Å²) in [6.07, 6.45) is 39.6. The van der Waals surface area contributed by atoms with Crippen LogP contribution in [0.2, 0.25) is 0 Å². The second-order valence-electron chi connectivity index (χ2n) is 11.7. The van der Waals surface area contributed by atoms with E-state index in [2.05, 4.69) is 55.6 Å². The van der Waals surface area contributed by atoms with Crippen LogP contribution < -0.4 is 5.32 Å². The van der Waals surface area contributed by atoms with Crippen LogP contribution in [0.4, 0.5) is 0 Å². The summed E-state index contributed by atoms with van der Waals surface area (Å²) in [5, 5.41) is 32.9. The molecule has 0 aromatic heterocycles. The summed E-state index contributed by atoms with van der Waals surface area (Å²) in [7, 11) is 0. The minimum absolute atomic E-state index is 0.00513. The molecule has 0 fully saturated rings. The first-order valence-corrected chi connectivity index (χ1v) is 17.4. The number of nitrogens with one attached hydrogen (secondary N) is 1. The van der Waals surface area contributed by atoms with Gasteiger partial charge in [0.2, 0.25) is 5.91 Å². The Labute approximate surface area is 259 Å². The first-order chi connectivity index (χ1) is 20.5. The van der Waals surface area contributed by atoms with Gasteiger partial charge in [0.05, 0.1) is 31.3 Å². The van der Waals surface area contributed by atoms with Gasteiger partial charge in [0.25, 0.3) is 0 Å². The zero-order chi connectivity index (χ0) is 30.9. The van der Waals surface area contributed by atoms with Crippen molar-refractivity contribution in [1.29, 1.82) is 0 Å². The Morgan fingerprint density at radius 2 is 1.10 bits per heavy atom. The predicted molar refractivity (Wildman–Crippen MR) is 181 cm³/mol. The molecule has 0 aliphatic carbocycles. The molecule has 0 saturated carbocycles. The average molecular weight is 590 g/mol. The van der Waals surface area contributed by atoms with Crippen molar-refractivity contribution in [3.8, 4) is 0 Å². The normalized spacial score (nSPS) is 14.5. The minimum Gasteiger partial charge on any atom is -0.394 e. The number of hydrogen-bond acceptors (Lipinski definition) is 4. The fourth-order valence-corrected chi connectivity index (χ4v) is 4.90. The lowest BCUT2D eigenvalue weighted by atomic mass is 10.0. The van der Waals surface area contributed by atoms with Gasteiger partial charge >= 0.3 is 0 Å². The number of aliphatic hydroxyl groups is 3. The molecular formula is C37H67NO4. The van der Waals surface area contributed by atoms with Crippen LogP contribution in [-0.4, -0.2) is 46.1 Å². The molecule has 4 N–H and O–H groups in total. The van der Waals surface area contributed by atoms with Crippen molar-refractivity contribution < 1.29 is 20.1 Å². The van der Waals surface area contributed by atoms with E-state index < -0.39 is 18.2 Å². The van der Waals surface area contributed by atoms with E-state index in [0.29, 0.717) is 6.42 Å². The molecule has 3 atom stereocenters. The van der Waals surface area contributed by atoms with Crippen molar-refractivity contribution in [3.05, 3.63) is 48.6 Å². The number of amides is 1. The average Bonchev–Trinajstić information content (AvgIpc) is 2.98. The number of allylic oxidation sites excluding steroid dienone is 7. The molecule has 0 heterocycles. The zero-order valence-electron chi connectivity index (χ0n) is 27.4. The quantitative estimate of drug-likeness (QED) is 0.0497. The van der Waals surface area contributed by atoms with Crippen molar-refractivity contribution >= 4 is 5.91 Å². The maximum absolute atomic E-state index is 12.3. The van der Waals surface area contributed by atoms with E-state index in [1.807, 2.05) is 6.08 Å². The predicted octanol–water partition coefficient (Wildman–Crippen LogP) is 9.03. The molecule has 0 radical (unpaired) electrons. The van der Waals surface area contributed by atoms with Gasteiger partial charge in [-0.1, -0.05) is 133 Å². The van der Waals surface area contributed by atoms with E-state index in [0.717, 1.165) is 57.8 Å². The van der Waals surface area contributed by atoms with Gasteiger partial charge in [0.15, 0.2) is 0 Å². The Kier molecular flexibility index (Phi) is 30.9. The van der Waals surface area contributed by atoms with E-state index in [1.165, 1.54) is 70.6 Å². The topological polar surface area (TPSA) is 89.8 Å². The first-order valence-electron chi connectivity index (χ1n) is 17.4. The Morgan fingerprint density at radius 1 is 0.619 bits per heavy atom. The lowest BCUT2D eigenvalue weighted by molar-refractivity contribution is -0.124. The van der Waals surface area contributed by atoms with Crippen molar-refractivity contribution in [1.82, 2.24) is 5.32 Å². The van der Waals surface area contributed by atoms with Gasteiger partial charge in [-0.25, -0.2) is 0 Å². The molecule has 5 nitrogen and oxygen atoms in total. The van der Waals surface area contributed by atoms with Crippen LogP contribution >= 0.6 is 0 Å². The Morgan fingerprint density at radius 3 is 1.64 bits per heavy atom. The smallest absolute Gasteiger partial charge is 0.222 e. The molecule has 42 heavy (non-hydrogen) atoms. The second kappa shape index (κ2) is 32.2. The third kappa shape index (κ3) is 28.4. The van der Waals surface area contributed by atoms with E-state index in [-0.39, 0.29) is 18.9 Å². The van der Waals surface area contributed by atoms with Gasteiger partial charge < -0.3 is 20.6 Å². The highest BCUT2D eigenvalue weighted by Gasteiger charge is 2.20. The molecule has 5 heteroatoms. The van der Waals surface area contributed by atoms with Crippen LogP contribution in [0.5, 0.6) is 0 Å². The van der Waals surface area contributed by atoms with Gasteiger partial charge in [-0.2, -0.15) is 0 Å². The van der Waals surface area contributed by atoms with Gasteiger partial charge in [0, 0.05) is 0 Å². The largest absolute Gasteiger partial charge is 0.394 e. The molecule has 0 saturated heterocycles. The number of aliphatic hydroxyl groups excluding tert-OH is 3. The summed E-state index contributed by atoms with van der Waals surface area (Å²) in [5.41, 5.74) is 0. The molecule has 0 aliphatic rings. The van der Waals surface area contributed by atoms with Gasteiger partial charge in [0.1, 0.15) is 0 Å². The highest BCUT2D eigenvalue weighted by molar-refractivity contribution is 5.76. The minimum atomic E-state index is -0.959. The standard InChI is InChI=1S/C37H67NO4/c1-3-5-7-9-11-13-15-16-17-18-19-20-21-22-24-26-28-30-34(40)32-37(42)38-35(33-39)36(41)31-29-27-25-23-14-12-10-8-6-4-2/h6,8,14,18-19,23,29,31,34-36,39-41H,3-5,7,9-13,15-17,20-22,24-28,30,32-33H2,1-2H3,(H,38,42)/b8-6+,19-18-,23-14+,31-29+. The fourth-order valence-electron chi connectivity index (χ4n) is 4.90. The molecule has 244 valence electrons. The van der Waals surface area contributed by atoms with Crippen LogP contribution in [0.3, 0.4) is 0 Å².